The summed E-state index contributed by atoms with van der Waals surface area (Å²) in [6.07, 6.45) is 0. The molecule has 0 heterocycles. The molecule has 1 rings (SSSR count). The summed E-state index contributed by atoms with van der Waals surface area (Å²) in [7, 11) is 0. The van der Waals surface area contributed by atoms with E-state index in [4.69, 9.17) is 0 Å². The second kappa shape index (κ2) is 5.47. The molecule has 0 saturated heterocycles. The molecular formula is C12H13F2N. The van der Waals surface area contributed by atoms with Crippen LogP contribution in [0.4, 0.5) is 8.78 Å². The van der Waals surface area contributed by atoms with Crippen LogP contribution in [0.25, 0.3) is 0 Å². The summed E-state index contributed by atoms with van der Waals surface area (Å²) in [4.78, 5) is 0. The van der Waals surface area contributed by atoms with Crippen LogP contribution in [0.1, 0.15) is 18.1 Å². The van der Waals surface area contributed by atoms with Gasteiger partial charge in [0.25, 0.3) is 0 Å². The standard InChI is InChI=1S/C12H13F2N/c1-3-15-8-4-5-10-11(13)7-6-9(2)12(10)14/h6-7,15H,3,8H2,1-2H3. The van der Waals surface area contributed by atoms with Crippen LogP contribution in [0.3, 0.4) is 0 Å². The van der Waals surface area contributed by atoms with Crippen molar-refractivity contribution in [3.8, 4) is 11.8 Å². The molecule has 0 aromatic heterocycles. The minimum atomic E-state index is -0.609. The largest absolute Gasteiger partial charge is 0.306 e. The maximum Gasteiger partial charge on any atom is 0.144 e. The molecule has 15 heavy (non-hydrogen) atoms. The molecule has 0 fully saturated rings. The van der Waals surface area contributed by atoms with Crippen molar-refractivity contribution in [3.05, 3.63) is 34.9 Å². The van der Waals surface area contributed by atoms with Crippen molar-refractivity contribution >= 4 is 0 Å². The van der Waals surface area contributed by atoms with Crippen LogP contribution in [-0.2, 0) is 0 Å². The Morgan fingerprint density at radius 1 is 1.33 bits per heavy atom. The van der Waals surface area contributed by atoms with Crippen LogP contribution < -0.4 is 5.32 Å². The molecule has 1 nitrogen and oxygen atoms in total. The Morgan fingerprint density at radius 2 is 2.07 bits per heavy atom. The van der Waals surface area contributed by atoms with Crippen LogP contribution >= 0.6 is 0 Å². The molecule has 0 atom stereocenters. The zero-order chi connectivity index (χ0) is 11.3. The van der Waals surface area contributed by atoms with Crippen molar-refractivity contribution in [2.45, 2.75) is 13.8 Å². The molecule has 1 aromatic carbocycles. The number of nitrogens with one attached hydrogen (secondary N) is 1. The molecule has 0 aliphatic heterocycles. The number of hydrogen-bond acceptors (Lipinski definition) is 1. The fourth-order valence-electron chi connectivity index (χ4n) is 1.09. The molecule has 0 bridgehead atoms. The molecule has 1 N–H and O–H groups in total. The van der Waals surface area contributed by atoms with Crippen molar-refractivity contribution in [2.75, 3.05) is 13.1 Å². The van der Waals surface area contributed by atoms with E-state index in [9.17, 15) is 8.78 Å². The van der Waals surface area contributed by atoms with Gasteiger partial charge in [-0.1, -0.05) is 24.8 Å². The number of benzene rings is 1. The third kappa shape index (κ3) is 3.03. The molecule has 0 saturated carbocycles. The van der Waals surface area contributed by atoms with Gasteiger partial charge in [-0.15, -0.1) is 0 Å². The van der Waals surface area contributed by atoms with E-state index in [1.54, 1.807) is 6.92 Å². The average Bonchev–Trinajstić information content (AvgIpc) is 2.23. The van der Waals surface area contributed by atoms with Crippen LogP contribution in [0.15, 0.2) is 12.1 Å². The third-order valence-corrected chi connectivity index (χ3v) is 1.96. The number of aryl methyl sites for hydroxylation is 1. The Balaban J connectivity index is 2.92. The Morgan fingerprint density at radius 3 is 2.73 bits per heavy atom. The maximum absolute atomic E-state index is 13.4. The van der Waals surface area contributed by atoms with E-state index < -0.39 is 11.6 Å². The topological polar surface area (TPSA) is 12.0 Å². The van der Waals surface area contributed by atoms with Crippen LogP contribution in [0, 0.1) is 30.4 Å². The van der Waals surface area contributed by atoms with Crippen molar-refractivity contribution in [1.82, 2.24) is 5.32 Å². The maximum atomic E-state index is 13.4. The van der Waals surface area contributed by atoms with Crippen molar-refractivity contribution < 1.29 is 8.78 Å². The first-order chi connectivity index (χ1) is 7.16. The van der Waals surface area contributed by atoms with Gasteiger partial charge in [0.15, 0.2) is 0 Å². The normalized spacial score (nSPS) is 9.60. The molecule has 80 valence electrons. The van der Waals surface area contributed by atoms with E-state index in [0.29, 0.717) is 12.1 Å². The molecule has 0 aliphatic carbocycles. The lowest BCUT2D eigenvalue weighted by Crippen LogP contribution is -2.12. The van der Waals surface area contributed by atoms with Gasteiger partial charge in [-0.25, -0.2) is 8.78 Å². The van der Waals surface area contributed by atoms with Gasteiger partial charge in [0.1, 0.15) is 11.6 Å². The van der Waals surface area contributed by atoms with Gasteiger partial charge >= 0.3 is 0 Å². The van der Waals surface area contributed by atoms with Gasteiger partial charge in [0, 0.05) is 0 Å². The second-order valence-electron chi connectivity index (χ2n) is 3.14. The highest BCUT2D eigenvalue weighted by Crippen LogP contribution is 2.14. The summed E-state index contributed by atoms with van der Waals surface area (Å²) in [5.41, 5.74) is 0.261. The highest BCUT2D eigenvalue weighted by atomic mass is 19.1. The molecular weight excluding hydrogens is 196 g/mol. The summed E-state index contributed by atoms with van der Waals surface area (Å²) in [5.74, 6) is 3.99. The highest BCUT2D eigenvalue weighted by Gasteiger charge is 2.08. The fourth-order valence-corrected chi connectivity index (χ4v) is 1.09. The van der Waals surface area contributed by atoms with Gasteiger partial charge in [0.05, 0.1) is 12.1 Å². The fraction of sp³-hybridized carbons (Fsp3) is 0.333. The average molecular weight is 209 g/mol. The van der Waals surface area contributed by atoms with Crippen LogP contribution in [-0.4, -0.2) is 13.1 Å². The first-order valence-corrected chi connectivity index (χ1v) is 4.81. The lowest BCUT2D eigenvalue weighted by molar-refractivity contribution is 0.571. The van der Waals surface area contributed by atoms with Gasteiger partial charge in [-0.3, -0.25) is 0 Å². The van der Waals surface area contributed by atoms with Gasteiger partial charge < -0.3 is 5.32 Å². The molecule has 0 spiro atoms. The Bertz CT molecular complexity index is 402. The first kappa shape index (κ1) is 11.7. The third-order valence-electron chi connectivity index (χ3n) is 1.96. The minimum Gasteiger partial charge on any atom is -0.306 e. The Labute approximate surface area is 88.5 Å². The predicted octanol–water partition coefficient (Wildman–Crippen LogP) is 2.23. The summed E-state index contributed by atoms with van der Waals surface area (Å²) in [5, 5.41) is 2.95. The second-order valence-corrected chi connectivity index (χ2v) is 3.14. The molecule has 1 aromatic rings. The molecule has 0 radical (unpaired) electrons. The summed E-state index contributed by atoms with van der Waals surface area (Å²) in [6.45, 7) is 4.75. The minimum absolute atomic E-state index is 0.145. The lowest BCUT2D eigenvalue weighted by atomic mass is 10.1. The first-order valence-electron chi connectivity index (χ1n) is 4.81. The molecule has 0 aliphatic rings. The van der Waals surface area contributed by atoms with E-state index in [-0.39, 0.29) is 5.56 Å². The SMILES string of the molecule is CCNCC#Cc1c(F)ccc(C)c1F. The number of halogens is 2. The summed E-state index contributed by atoms with van der Waals surface area (Å²) >= 11 is 0. The Hall–Kier alpha value is -1.40. The van der Waals surface area contributed by atoms with Gasteiger partial charge in [0.2, 0.25) is 0 Å². The zero-order valence-electron chi connectivity index (χ0n) is 8.82. The number of hydrogen-bond donors (Lipinski definition) is 1. The van der Waals surface area contributed by atoms with Gasteiger partial charge in [-0.05, 0) is 25.1 Å². The summed E-state index contributed by atoms with van der Waals surface area (Å²) in [6, 6.07) is 2.63. The van der Waals surface area contributed by atoms with E-state index >= 15 is 0 Å². The van der Waals surface area contributed by atoms with E-state index in [1.165, 1.54) is 12.1 Å². The van der Waals surface area contributed by atoms with E-state index in [2.05, 4.69) is 17.2 Å². The molecule has 0 unspecified atom stereocenters. The van der Waals surface area contributed by atoms with E-state index in [0.717, 1.165) is 6.54 Å². The Kier molecular flexibility index (Phi) is 4.26. The van der Waals surface area contributed by atoms with E-state index in [1.807, 2.05) is 6.92 Å². The quantitative estimate of drug-likeness (QED) is 0.582. The van der Waals surface area contributed by atoms with Gasteiger partial charge in [-0.2, -0.15) is 0 Å². The van der Waals surface area contributed by atoms with Crippen molar-refractivity contribution in [2.24, 2.45) is 0 Å². The van der Waals surface area contributed by atoms with Crippen LogP contribution in [0.5, 0.6) is 0 Å². The van der Waals surface area contributed by atoms with Crippen molar-refractivity contribution in [1.29, 1.82) is 0 Å². The predicted molar refractivity (Wildman–Crippen MR) is 56.5 cm³/mol. The smallest absolute Gasteiger partial charge is 0.144 e. The molecule has 3 heteroatoms. The highest BCUT2D eigenvalue weighted by molar-refractivity contribution is 5.39. The van der Waals surface area contributed by atoms with Crippen LogP contribution in [0.2, 0.25) is 0 Å². The summed E-state index contributed by atoms with van der Waals surface area (Å²) < 4.78 is 26.6. The monoisotopic (exact) mass is 209 g/mol. The lowest BCUT2D eigenvalue weighted by Gasteiger charge is -2.00. The number of rotatable bonds is 2. The van der Waals surface area contributed by atoms with Crippen molar-refractivity contribution in [3.63, 3.8) is 0 Å². The molecule has 0 amide bonds. The zero-order valence-corrected chi connectivity index (χ0v) is 8.82.